The van der Waals surface area contributed by atoms with Crippen molar-refractivity contribution in [3.8, 4) is 11.5 Å². The van der Waals surface area contributed by atoms with Gasteiger partial charge in [0.05, 0.1) is 6.54 Å². The maximum absolute atomic E-state index is 11.7. The predicted molar refractivity (Wildman–Crippen MR) is 73.0 cm³/mol. The van der Waals surface area contributed by atoms with E-state index in [0.29, 0.717) is 18.3 Å². The van der Waals surface area contributed by atoms with Gasteiger partial charge in [-0.1, -0.05) is 22.9 Å². The lowest BCUT2D eigenvalue weighted by Crippen LogP contribution is -2.49. The van der Waals surface area contributed by atoms with Gasteiger partial charge >= 0.3 is 6.03 Å². The molecule has 1 aromatic heterocycles. The Hall–Kier alpha value is -2.70. The zero-order valence-corrected chi connectivity index (χ0v) is 11.5. The molecule has 0 atom stereocenters. The highest BCUT2D eigenvalue weighted by molar-refractivity contribution is 5.96. The summed E-state index contributed by atoms with van der Waals surface area (Å²) in [4.78, 5) is 28.6. The van der Waals surface area contributed by atoms with Gasteiger partial charge in [0.15, 0.2) is 5.82 Å². The summed E-state index contributed by atoms with van der Waals surface area (Å²) in [5.74, 6) is 0.436. The molecule has 2 heterocycles. The molecule has 0 bridgehead atoms. The van der Waals surface area contributed by atoms with Crippen molar-refractivity contribution in [1.82, 2.24) is 20.4 Å². The lowest BCUT2D eigenvalue weighted by Gasteiger charge is -2.24. The number of imide groups is 1. The molecule has 0 aliphatic carbocycles. The number of benzene rings is 1. The zero-order valence-electron chi connectivity index (χ0n) is 11.5. The summed E-state index contributed by atoms with van der Waals surface area (Å²) in [7, 11) is 0. The second-order valence-corrected chi connectivity index (χ2v) is 4.84. The van der Waals surface area contributed by atoms with Gasteiger partial charge in [0.1, 0.15) is 0 Å². The van der Waals surface area contributed by atoms with Crippen molar-refractivity contribution in [1.29, 1.82) is 0 Å². The Kier molecular flexibility index (Phi) is 3.39. The first kappa shape index (κ1) is 13.3. The monoisotopic (exact) mass is 286 g/mol. The van der Waals surface area contributed by atoms with E-state index >= 15 is 0 Å². The number of urea groups is 1. The van der Waals surface area contributed by atoms with E-state index in [9.17, 15) is 9.59 Å². The van der Waals surface area contributed by atoms with Crippen LogP contribution in [0.1, 0.15) is 17.8 Å². The molecule has 3 rings (SSSR count). The van der Waals surface area contributed by atoms with Crippen molar-refractivity contribution >= 4 is 11.9 Å². The van der Waals surface area contributed by atoms with Crippen molar-refractivity contribution in [3.63, 3.8) is 0 Å². The molecule has 1 aliphatic rings. The van der Waals surface area contributed by atoms with E-state index in [1.54, 1.807) is 0 Å². The van der Waals surface area contributed by atoms with Gasteiger partial charge in [-0.3, -0.25) is 9.69 Å². The molecule has 1 fully saturated rings. The Morgan fingerprint density at radius 2 is 2.05 bits per heavy atom. The molecule has 1 aliphatic heterocycles. The van der Waals surface area contributed by atoms with Crippen LogP contribution in [-0.2, 0) is 11.3 Å². The van der Waals surface area contributed by atoms with Crippen LogP contribution in [0.2, 0.25) is 0 Å². The molecule has 3 amide bonds. The third-order valence-electron chi connectivity index (χ3n) is 3.23. The molecule has 1 saturated heterocycles. The molecule has 0 radical (unpaired) electrons. The minimum atomic E-state index is -0.423. The van der Waals surface area contributed by atoms with Crippen LogP contribution in [0.25, 0.3) is 11.5 Å². The van der Waals surface area contributed by atoms with Crippen LogP contribution in [-0.4, -0.2) is 33.5 Å². The maximum atomic E-state index is 11.7. The quantitative estimate of drug-likeness (QED) is 0.923. The average molecular weight is 286 g/mol. The highest BCUT2D eigenvalue weighted by Crippen LogP contribution is 2.18. The molecule has 21 heavy (non-hydrogen) atoms. The molecule has 1 N–H and O–H groups in total. The minimum Gasteiger partial charge on any atom is -0.337 e. The summed E-state index contributed by atoms with van der Waals surface area (Å²) in [6, 6.07) is 7.23. The topological polar surface area (TPSA) is 88.3 Å². The number of carbonyl (C=O) groups excluding carboxylic acids is 2. The van der Waals surface area contributed by atoms with Gasteiger partial charge in [0, 0.05) is 18.5 Å². The van der Waals surface area contributed by atoms with Crippen molar-refractivity contribution < 1.29 is 14.1 Å². The van der Waals surface area contributed by atoms with E-state index in [1.807, 2.05) is 31.2 Å². The maximum Gasteiger partial charge on any atom is 0.324 e. The van der Waals surface area contributed by atoms with Gasteiger partial charge in [-0.2, -0.15) is 4.98 Å². The molecule has 7 nitrogen and oxygen atoms in total. The first-order valence-corrected chi connectivity index (χ1v) is 6.61. The number of hydrogen-bond donors (Lipinski definition) is 1. The summed E-state index contributed by atoms with van der Waals surface area (Å²) in [5.41, 5.74) is 1.93. The number of carbonyl (C=O) groups is 2. The Bertz CT molecular complexity index is 662. The van der Waals surface area contributed by atoms with Crippen molar-refractivity contribution in [2.75, 3.05) is 6.54 Å². The van der Waals surface area contributed by atoms with Crippen LogP contribution in [0.3, 0.4) is 0 Å². The van der Waals surface area contributed by atoms with Gasteiger partial charge < -0.3 is 9.84 Å². The molecule has 2 aromatic rings. The lowest BCUT2D eigenvalue weighted by molar-refractivity contribution is -0.129. The van der Waals surface area contributed by atoms with E-state index in [-0.39, 0.29) is 18.9 Å². The van der Waals surface area contributed by atoms with Crippen molar-refractivity contribution in [3.05, 3.63) is 35.7 Å². The molecule has 0 saturated carbocycles. The first-order valence-electron chi connectivity index (χ1n) is 6.61. The second-order valence-electron chi connectivity index (χ2n) is 4.84. The number of hydrogen-bond acceptors (Lipinski definition) is 5. The minimum absolute atomic E-state index is 0.0139. The molecule has 7 heteroatoms. The van der Waals surface area contributed by atoms with Crippen molar-refractivity contribution in [2.45, 2.75) is 19.9 Å². The van der Waals surface area contributed by atoms with Crippen LogP contribution in [0.4, 0.5) is 4.79 Å². The summed E-state index contributed by atoms with van der Waals surface area (Å²) in [5, 5.41) is 6.43. The standard InChI is InChI=1S/C14H14N4O3/c1-9-2-4-10(5-3-9)13-16-11(17-21-13)8-18-12(19)6-7-15-14(18)20/h2-5H,6-8H2,1H3,(H,15,20). The molecular weight excluding hydrogens is 272 g/mol. The number of nitrogens with zero attached hydrogens (tertiary/aromatic N) is 3. The summed E-state index contributed by atoms with van der Waals surface area (Å²) in [6.45, 7) is 2.37. The van der Waals surface area contributed by atoms with E-state index < -0.39 is 6.03 Å². The highest BCUT2D eigenvalue weighted by atomic mass is 16.5. The third kappa shape index (κ3) is 2.76. The average Bonchev–Trinajstić information content (AvgIpc) is 2.92. The number of nitrogens with one attached hydrogen (secondary N) is 1. The van der Waals surface area contributed by atoms with Gasteiger partial charge in [0.2, 0.25) is 5.91 Å². The van der Waals surface area contributed by atoms with E-state index in [4.69, 9.17) is 4.52 Å². The van der Waals surface area contributed by atoms with E-state index in [2.05, 4.69) is 15.5 Å². The number of amides is 3. The highest BCUT2D eigenvalue weighted by Gasteiger charge is 2.27. The van der Waals surface area contributed by atoms with Gasteiger partial charge in [0.25, 0.3) is 5.89 Å². The molecule has 1 aromatic carbocycles. The Morgan fingerprint density at radius 3 is 2.76 bits per heavy atom. The lowest BCUT2D eigenvalue weighted by atomic mass is 10.1. The molecule has 0 spiro atoms. The number of aromatic nitrogens is 2. The third-order valence-corrected chi connectivity index (χ3v) is 3.23. The van der Waals surface area contributed by atoms with Crippen LogP contribution in [0.15, 0.2) is 28.8 Å². The summed E-state index contributed by atoms with van der Waals surface area (Å²) >= 11 is 0. The van der Waals surface area contributed by atoms with Crippen LogP contribution in [0.5, 0.6) is 0 Å². The fourth-order valence-electron chi connectivity index (χ4n) is 2.05. The SMILES string of the molecule is Cc1ccc(-c2nc(CN3C(=O)CCNC3=O)no2)cc1. The number of rotatable bonds is 3. The Labute approximate surface area is 120 Å². The van der Waals surface area contributed by atoms with Gasteiger partial charge in [-0.05, 0) is 19.1 Å². The van der Waals surface area contributed by atoms with Gasteiger partial charge in [-0.25, -0.2) is 4.79 Å². The normalized spacial score (nSPS) is 15.2. The molecule has 0 unspecified atom stereocenters. The molecular formula is C14H14N4O3. The summed E-state index contributed by atoms with van der Waals surface area (Å²) < 4.78 is 5.17. The Morgan fingerprint density at radius 1 is 1.29 bits per heavy atom. The van der Waals surface area contributed by atoms with Crippen LogP contribution >= 0.6 is 0 Å². The Balaban J connectivity index is 1.77. The van der Waals surface area contributed by atoms with Crippen molar-refractivity contribution in [2.24, 2.45) is 0 Å². The van der Waals surface area contributed by atoms with E-state index in [0.717, 1.165) is 16.0 Å². The largest absolute Gasteiger partial charge is 0.337 e. The van der Waals surface area contributed by atoms with Gasteiger partial charge in [-0.15, -0.1) is 0 Å². The predicted octanol–water partition coefficient (Wildman–Crippen LogP) is 1.49. The smallest absolute Gasteiger partial charge is 0.324 e. The molecule has 108 valence electrons. The van der Waals surface area contributed by atoms with E-state index in [1.165, 1.54) is 0 Å². The summed E-state index contributed by atoms with van der Waals surface area (Å²) in [6.07, 6.45) is 0.286. The fourth-order valence-corrected chi connectivity index (χ4v) is 2.05. The van der Waals surface area contributed by atoms with Crippen LogP contribution < -0.4 is 5.32 Å². The second kappa shape index (κ2) is 5.35. The van der Waals surface area contributed by atoms with Crippen LogP contribution in [0, 0.1) is 6.92 Å². The zero-order chi connectivity index (χ0) is 14.8. The first-order chi connectivity index (χ1) is 10.1. The fraction of sp³-hybridized carbons (Fsp3) is 0.286. The number of aryl methyl sites for hydroxylation is 1.